The molecule has 0 aliphatic carbocycles. The van der Waals surface area contributed by atoms with E-state index in [0.717, 1.165) is 20.9 Å². The number of thiocarbonyl (C=S) groups is 1. The molecular weight excluding hydrogens is 422 g/mol. The monoisotopic (exact) mass is 437 g/mol. The molecule has 7 heteroatoms. The van der Waals surface area contributed by atoms with Crippen LogP contribution in [0.1, 0.15) is 20.8 Å². The fourth-order valence-corrected chi connectivity index (χ4v) is 5.17. The van der Waals surface area contributed by atoms with Crippen LogP contribution in [0, 0.1) is 0 Å². The van der Waals surface area contributed by atoms with Gasteiger partial charge in [-0.15, -0.1) is 11.3 Å². The van der Waals surface area contributed by atoms with E-state index < -0.39 is 5.97 Å². The second kappa shape index (κ2) is 8.32. The van der Waals surface area contributed by atoms with Gasteiger partial charge in [-0.1, -0.05) is 66.4 Å². The number of hydrogen-bond acceptors (Lipinski definition) is 5. The first kappa shape index (κ1) is 19.6. The summed E-state index contributed by atoms with van der Waals surface area (Å²) in [5.41, 5.74) is 2.23. The van der Waals surface area contributed by atoms with E-state index in [2.05, 4.69) is 0 Å². The van der Waals surface area contributed by atoms with Gasteiger partial charge in [-0.2, -0.15) is 0 Å². The third-order valence-corrected chi connectivity index (χ3v) is 6.83. The summed E-state index contributed by atoms with van der Waals surface area (Å²) in [5, 5.41) is 9.02. The Kier molecular flexibility index (Phi) is 5.62. The van der Waals surface area contributed by atoms with Crippen LogP contribution in [-0.4, -0.2) is 26.2 Å². The highest BCUT2D eigenvalue weighted by atomic mass is 32.2. The molecule has 0 radical (unpaired) electrons. The number of thiophene rings is 1. The van der Waals surface area contributed by atoms with Crippen molar-refractivity contribution in [2.75, 3.05) is 0 Å². The quantitative estimate of drug-likeness (QED) is 0.421. The zero-order valence-corrected chi connectivity index (χ0v) is 17.5. The molecule has 1 N–H and O–H groups in total. The number of carbonyl (C=O) groups is 2. The van der Waals surface area contributed by atoms with Crippen molar-refractivity contribution in [3.8, 4) is 10.4 Å². The summed E-state index contributed by atoms with van der Waals surface area (Å²) in [7, 11) is 0. The molecule has 3 aromatic rings. The summed E-state index contributed by atoms with van der Waals surface area (Å²) < 4.78 is 0.561. The predicted molar refractivity (Wildman–Crippen MR) is 122 cm³/mol. The fourth-order valence-electron chi connectivity index (χ4n) is 2.89. The summed E-state index contributed by atoms with van der Waals surface area (Å²) in [4.78, 5) is 28.0. The average Bonchev–Trinajstić information content (AvgIpc) is 3.29. The summed E-state index contributed by atoms with van der Waals surface area (Å²) in [6.07, 6.45) is 1.87. The van der Waals surface area contributed by atoms with Gasteiger partial charge < -0.3 is 5.11 Å². The van der Waals surface area contributed by atoms with Crippen LogP contribution >= 0.6 is 35.3 Å². The van der Waals surface area contributed by atoms with Crippen LogP contribution in [0.2, 0.25) is 0 Å². The standard InChI is InChI=1S/C22H15NO3S3/c24-20-19(29-22(27)23(20)13-14-4-2-1-3-5-14)12-17-10-11-18(28-17)15-6-8-16(9-7-15)21(25)26/h1-12H,13H2,(H,25,26)/b19-12-. The van der Waals surface area contributed by atoms with E-state index in [-0.39, 0.29) is 11.5 Å². The third kappa shape index (κ3) is 4.32. The lowest BCUT2D eigenvalue weighted by Crippen LogP contribution is -2.27. The highest BCUT2D eigenvalue weighted by Gasteiger charge is 2.32. The molecule has 4 rings (SSSR count). The minimum atomic E-state index is -0.944. The molecule has 1 amide bonds. The second-order valence-electron chi connectivity index (χ2n) is 6.34. The fraction of sp³-hybridized carbons (Fsp3) is 0.0455. The van der Waals surface area contributed by atoms with Crippen molar-refractivity contribution in [2.45, 2.75) is 6.54 Å². The molecule has 0 spiro atoms. The zero-order valence-electron chi connectivity index (χ0n) is 15.1. The van der Waals surface area contributed by atoms with Crippen molar-refractivity contribution >= 4 is 57.6 Å². The SMILES string of the molecule is O=C(O)c1ccc(-c2ccc(/C=C3\SC(=S)N(Cc4ccccc4)C3=O)s2)cc1. The van der Waals surface area contributed by atoms with Crippen LogP contribution in [0.3, 0.4) is 0 Å². The molecule has 0 bridgehead atoms. The van der Waals surface area contributed by atoms with E-state index in [9.17, 15) is 9.59 Å². The summed E-state index contributed by atoms with van der Waals surface area (Å²) >= 11 is 8.27. The van der Waals surface area contributed by atoms with Gasteiger partial charge in [0.2, 0.25) is 0 Å². The molecular formula is C22H15NO3S3. The van der Waals surface area contributed by atoms with Gasteiger partial charge in [0.1, 0.15) is 4.32 Å². The van der Waals surface area contributed by atoms with Crippen molar-refractivity contribution in [3.05, 3.63) is 87.6 Å². The Morgan fingerprint density at radius 1 is 1.03 bits per heavy atom. The van der Waals surface area contributed by atoms with Crippen molar-refractivity contribution in [3.63, 3.8) is 0 Å². The van der Waals surface area contributed by atoms with Crippen molar-refractivity contribution in [1.82, 2.24) is 4.90 Å². The largest absolute Gasteiger partial charge is 0.478 e. The molecule has 1 saturated heterocycles. The summed E-state index contributed by atoms with van der Waals surface area (Å²) in [6.45, 7) is 0.467. The minimum Gasteiger partial charge on any atom is -0.478 e. The lowest BCUT2D eigenvalue weighted by Gasteiger charge is -2.14. The lowest BCUT2D eigenvalue weighted by atomic mass is 10.1. The van der Waals surface area contributed by atoms with E-state index >= 15 is 0 Å². The maximum atomic E-state index is 12.8. The van der Waals surface area contributed by atoms with Crippen molar-refractivity contribution < 1.29 is 14.7 Å². The number of amides is 1. The van der Waals surface area contributed by atoms with E-state index in [1.807, 2.05) is 48.5 Å². The number of nitrogens with zero attached hydrogens (tertiary/aromatic N) is 1. The zero-order chi connectivity index (χ0) is 20.4. The number of thioether (sulfide) groups is 1. The van der Waals surface area contributed by atoms with E-state index in [4.69, 9.17) is 17.3 Å². The van der Waals surface area contributed by atoms with E-state index in [1.165, 1.54) is 11.8 Å². The molecule has 0 saturated carbocycles. The van der Waals surface area contributed by atoms with Crippen molar-refractivity contribution in [1.29, 1.82) is 0 Å². The number of carboxylic acids is 1. The van der Waals surface area contributed by atoms with Gasteiger partial charge in [0.25, 0.3) is 5.91 Å². The molecule has 0 atom stereocenters. The maximum Gasteiger partial charge on any atom is 0.335 e. The highest BCUT2D eigenvalue weighted by Crippen LogP contribution is 2.36. The molecule has 4 nitrogen and oxygen atoms in total. The number of rotatable bonds is 5. The van der Waals surface area contributed by atoms with E-state index in [0.29, 0.717) is 15.8 Å². The molecule has 1 aliphatic rings. The number of carbonyl (C=O) groups excluding carboxylic acids is 1. The summed E-state index contributed by atoms with van der Waals surface area (Å²) in [5.74, 6) is -1.02. The Bertz CT molecular complexity index is 1120. The Labute approximate surface area is 181 Å². The number of benzene rings is 2. The van der Waals surface area contributed by atoms with Crippen LogP contribution < -0.4 is 0 Å². The lowest BCUT2D eigenvalue weighted by molar-refractivity contribution is -0.122. The van der Waals surface area contributed by atoms with Gasteiger partial charge in [0.05, 0.1) is 17.0 Å². The average molecular weight is 438 g/mol. The maximum absolute atomic E-state index is 12.8. The van der Waals surface area contributed by atoms with Gasteiger partial charge in [-0.25, -0.2) is 4.79 Å². The Balaban J connectivity index is 1.52. The second-order valence-corrected chi connectivity index (χ2v) is 9.13. The number of hydrogen-bond donors (Lipinski definition) is 1. The Morgan fingerprint density at radius 3 is 2.45 bits per heavy atom. The van der Waals surface area contributed by atoms with Crippen LogP contribution in [0.15, 0.2) is 71.6 Å². The van der Waals surface area contributed by atoms with Gasteiger partial charge in [-0.3, -0.25) is 9.69 Å². The van der Waals surface area contributed by atoms with Gasteiger partial charge in [0.15, 0.2) is 0 Å². The van der Waals surface area contributed by atoms with Crippen LogP contribution in [-0.2, 0) is 11.3 Å². The van der Waals surface area contributed by atoms with Crippen LogP contribution in [0.5, 0.6) is 0 Å². The van der Waals surface area contributed by atoms with Gasteiger partial charge >= 0.3 is 5.97 Å². The smallest absolute Gasteiger partial charge is 0.335 e. The predicted octanol–water partition coefficient (Wildman–Crippen LogP) is 5.51. The minimum absolute atomic E-state index is 0.0791. The first-order valence-electron chi connectivity index (χ1n) is 8.74. The molecule has 2 aromatic carbocycles. The van der Waals surface area contributed by atoms with E-state index in [1.54, 1.807) is 40.5 Å². The molecule has 144 valence electrons. The number of aromatic carboxylic acids is 1. The Hall–Kier alpha value is -2.74. The third-order valence-electron chi connectivity index (χ3n) is 4.37. The topological polar surface area (TPSA) is 57.6 Å². The van der Waals surface area contributed by atoms with Gasteiger partial charge in [-0.05, 0) is 41.5 Å². The van der Waals surface area contributed by atoms with Crippen LogP contribution in [0.4, 0.5) is 0 Å². The normalized spacial score (nSPS) is 15.3. The molecule has 2 heterocycles. The summed E-state index contributed by atoms with van der Waals surface area (Å²) in [6, 6.07) is 20.5. The number of carboxylic acid groups (broad SMARTS) is 1. The molecule has 1 fully saturated rings. The molecule has 1 aromatic heterocycles. The first-order chi connectivity index (χ1) is 14.0. The Morgan fingerprint density at radius 2 is 1.76 bits per heavy atom. The van der Waals surface area contributed by atoms with Gasteiger partial charge in [0, 0.05) is 9.75 Å². The first-order valence-corrected chi connectivity index (χ1v) is 10.8. The molecule has 0 unspecified atom stereocenters. The highest BCUT2D eigenvalue weighted by molar-refractivity contribution is 8.26. The molecule has 1 aliphatic heterocycles. The molecule has 29 heavy (non-hydrogen) atoms. The van der Waals surface area contributed by atoms with Crippen LogP contribution in [0.25, 0.3) is 16.5 Å². The van der Waals surface area contributed by atoms with Crippen molar-refractivity contribution in [2.24, 2.45) is 0 Å².